The standard InChI is InChI=1S/C24H19N3O4/c28-23(26-19-10-2-1-3-11-19)16-30-20-12-6-5-9-18(20)15-25-27-24(29)22-14-17-8-4-7-13-21(17)31-22/h1-15H,16H2,(H,26,28)(H,27,29). The lowest BCUT2D eigenvalue weighted by Gasteiger charge is -2.09. The number of hydrogen-bond donors (Lipinski definition) is 2. The molecule has 0 unspecified atom stereocenters. The summed E-state index contributed by atoms with van der Waals surface area (Å²) in [6, 6.07) is 25.2. The molecule has 0 radical (unpaired) electrons. The Morgan fingerprint density at radius 1 is 0.935 bits per heavy atom. The van der Waals surface area contributed by atoms with Crippen LogP contribution >= 0.6 is 0 Å². The number of benzene rings is 3. The lowest BCUT2D eigenvalue weighted by molar-refractivity contribution is -0.118. The smallest absolute Gasteiger partial charge is 0.307 e. The van der Waals surface area contributed by atoms with E-state index < -0.39 is 5.91 Å². The number of anilines is 1. The van der Waals surface area contributed by atoms with Crippen LogP contribution in [0.1, 0.15) is 16.1 Å². The van der Waals surface area contributed by atoms with Gasteiger partial charge in [-0.2, -0.15) is 5.10 Å². The van der Waals surface area contributed by atoms with Crippen molar-refractivity contribution in [2.45, 2.75) is 0 Å². The van der Waals surface area contributed by atoms with E-state index in [2.05, 4.69) is 15.8 Å². The minimum absolute atomic E-state index is 0.162. The van der Waals surface area contributed by atoms with E-state index in [1.165, 1.54) is 6.21 Å². The van der Waals surface area contributed by atoms with Crippen molar-refractivity contribution in [1.82, 2.24) is 5.43 Å². The third-order valence-corrected chi connectivity index (χ3v) is 4.35. The molecule has 2 amide bonds. The van der Waals surface area contributed by atoms with Gasteiger partial charge in [0.2, 0.25) is 0 Å². The number of para-hydroxylation sites is 3. The Balaban J connectivity index is 1.36. The van der Waals surface area contributed by atoms with Crippen LogP contribution in [0, 0.1) is 0 Å². The van der Waals surface area contributed by atoms with Gasteiger partial charge in [-0.05, 0) is 36.4 Å². The second kappa shape index (κ2) is 9.41. The van der Waals surface area contributed by atoms with E-state index in [1.807, 2.05) is 36.4 Å². The van der Waals surface area contributed by atoms with Crippen LogP contribution < -0.4 is 15.5 Å². The molecule has 1 aromatic heterocycles. The molecule has 3 aromatic carbocycles. The zero-order valence-corrected chi connectivity index (χ0v) is 16.4. The average molecular weight is 413 g/mol. The molecule has 4 aromatic rings. The molecule has 0 aliphatic carbocycles. The molecule has 31 heavy (non-hydrogen) atoms. The molecule has 0 spiro atoms. The van der Waals surface area contributed by atoms with Gasteiger partial charge in [0.15, 0.2) is 12.4 Å². The Morgan fingerprint density at radius 3 is 2.52 bits per heavy atom. The number of rotatable bonds is 7. The number of nitrogens with one attached hydrogen (secondary N) is 2. The van der Waals surface area contributed by atoms with Gasteiger partial charge in [0.05, 0.1) is 6.21 Å². The predicted octanol–water partition coefficient (Wildman–Crippen LogP) is 4.21. The largest absolute Gasteiger partial charge is 0.483 e. The van der Waals surface area contributed by atoms with Gasteiger partial charge in [0.1, 0.15) is 11.3 Å². The topological polar surface area (TPSA) is 92.9 Å². The Morgan fingerprint density at radius 2 is 1.68 bits per heavy atom. The van der Waals surface area contributed by atoms with E-state index in [1.54, 1.807) is 48.5 Å². The number of furan rings is 1. The van der Waals surface area contributed by atoms with Crippen LogP contribution in [0.2, 0.25) is 0 Å². The van der Waals surface area contributed by atoms with Gasteiger partial charge in [-0.1, -0.05) is 48.5 Å². The van der Waals surface area contributed by atoms with Crippen molar-refractivity contribution in [2.75, 3.05) is 11.9 Å². The third-order valence-electron chi connectivity index (χ3n) is 4.35. The van der Waals surface area contributed by atoms with Crippen molar-refractivity contribution in [2.24, 2.45) is 5.10 Å². The number of ether oxygens (including phenoxy) is 1. The van der Waals surface area contributed by atoms with Crippen molar-refractivity contribution < 1.29 is 18.7 Å². The lowest BCUT2D eigenvalue weighted by Crippen LogP contribution is -2.20. The SMILES string of the molecule is O=C(COc1ccccc1C=NNC(=O)c1cc2ccccc2o1)Nc1ccccc1. The van der Waals surface area contributed by atoms with Crippen LogP contribution in [0.4, 0.5) is 5.69 Å². The summed E-state index contributed by atoms with van der Waals surface area (Å²) in [6.45, 7) is -0.162. The predicted molar refractivity (Wildman–Crippen MR) is 118 cm³/mol. The van der Waals surface area contributed by atoms with E-state index >= 15 is 0 Å². The average Bonchev–Trinajstić information content (AvgIpc) is 3.23. The number of carbonyl (C=O) groups excluding carboxylic acids is 2. The van der Waals surface area contributed by atoms with Gasteiger partial charge in [-0.3, -0.25) is 9.59 Å². The first-order valence-electron chi connectivity index (χ1n) is 9.58. The summed E-state index contributed by atoms with van der Waals surface area (Å²) in [5.74, 6) is -0.114. The van der Waals surface area contributed by atoms with Crippen LogP contribution in [-0.2, 0) is 4.79 Å². The highest BCUT2D eigenvalue weighted by Crippen LogP contribution is 2.19. The van der Waals surface area contributed by atoms with E-state index in [0.717, 1.165) is 5.39 Å². The number of hydrogen-bond acceptors (Lipinski definition) is 5. The molecule has 0 atom stereocenters. The van der Waals surface area contributed by atoms with Crippen LogP contribution in [0.15, 0.2) is 94.4 Å². The van der Waals surface area contributed by atoms with E-state index in [4.69, 9.17) is 9.15 Å². The van der Waals surface area contributed by atoms with Gasteiger partial charge < -0.3 is 14.5 Å². The van der Waals surface area contributed by atoms with Gasteiger partial charge >= 0.3 is 5.91 Å². The van der Waals surface area contributed by atoms with E-state index in [9.17, 15) is 9.59 Å². The first kappa shape index (κ1) is 19.9. The van der Waals surface area contributed by atoms with Crippen LogP contribution in [0.25, 0.3) is 11.0 Å². The molecule has 154 valence electrons. The quantitative estimate of drug-likeness (QED) is 0.351. The molecule has 0 bridgehead atoms. The van der Waals surface area contributed by atoms with Gasteiger partial charge in [-0.25, -0.2) is 5.43 Å². The zero-order chi connectivity index (χ0) is 21.5. The minimum atomic E-state index is -0.465. The number of nitrogens with zero attached hydrogens (tertiary/aromatic N) is 1. The summed E-state index contributed by atoms with van der Waals surface area (Å²) < 4.78 is 11.1. The first-order chi connectivity index (χ1) is 15.2. The summed E-state index contributed by atoms with van der Waals surface area (Å²) in [7, 11) is 0. The number of amides is 2. The maximum atomic E-state index is 12.3. The highest BCUT2D eigenvalue weighted by atomic mass is 16.5. The fraction of sp³-hybridized carbons (Fsp3) is 0.0417. The monoisotopic (exact) mass is 413 g/mol. The molecule has 0 fully saturated rings. The Labute approximate surface area is 178 Å². The fourth-order valence-electron chi connectivity index (χ4n) is 2.89. The summed E-state index contributed by atoms with van der Waals surface area (Å²) in [6.07, 6.45) is 1.45. The van der Waals surface area contributed by atoms with Gasteiger partial charge in [0.25, 0.3) is 5.91 Å². The molecule has 0 saturated carbocycles. The van der Waals surface area contributed by atoms with Crippen molar-refractivity contribution >= 4 is 34.7 Å². The third kappa shape index (κ3) is 5.16. The van der Waals surface area contributed by atoms with E-state index in [-0.39, 0.29) is 18.3 Å². The number of fused-ring (bicyclic) bond motifs is 1. The molecule has 7 nitrogen and oxygen atoms in total. The number of hydrazone groups is 1. The highest BCUT2D eigenvalue weighted by molar-refractivity contribution is 5.96. The Kier molecular flexibility index (Phi) is 6.04. The van der Waals surface area contributed by atoms with Crippen molar-refractivity contribution in [3.05, 3.63) is 96.3 Å². The molecule has 7 heteroatoms. The van der Waals surface area contributed by atoms with Crippen molar-refractivity contribution in [3.8, 4) is 5.75 Å². The first-order valence-corrected chi connectivity index (χ1v) is 9.58. The lowest BCUT2D eigenvalue weighted by atomic mass is 10.2. The molecule has 0 aliphatic rings. The second-order valence-electron chi connectivity index (χ2n) is 6.59. The van der Waals surface area contributed by atoms with Crippen LogP contribution in [-0.4, -0.2) is 24.6 Å². The molecule has 4 rings (SSSR count). The molecule has 1 heterocycles. The highest BCUT2D eigenvalue weighted by Gasteiger charge is 2.11. The van der Waals surface area contributed by atoms with Crippen molar-refractivity contribution in [1.29, 1.82) is 0 Å². The normalized spacial score (nSPS) is 10.8. The molecule has 2 N–H and O–H groups in total. The van der Waals surface area contributed by atoms with Crippen LogP contribution in [0.3, 0.4) is 0 Å². The molecular formula is C24H19N3O4. The van der Waals surface area contributed by atoms with Crippen LogP contribution in [0.5, 0.6) is 5.75 Å². The molecule has 0 saturated heterocycles. The summed E-state index contributed by atoms with van der Waals surface area (Å²) >= 11 is 0. The maximum Gasteiger partial charge on any atom is 0.307 e. The Hall–Kier alpha value is -4.39. The van der Waals surface area contributed by atoms with Gasteiger partial charge in [-0.15, -0.1) is 0 Å². The Bertz CT molecular complexity index is 1200. The summed E-state index contributed by atoms with van der Waals surface area (Å²) in [5.41, 5.74) is 4.37. The summed E-state index contributed by atoms with van der Waals surface area (Å²) in [5, 5.41) is 7.57. The maximum absolute atomic E-state index is 12.3. The van der Waals surface area contributed by atoms with Gasteiger partial charge in [0, 0.05) is 16.6 Å². The second-order valence-corrected chi connectivity index (χ2v) is 6.59. The molecular weight excluding hydrogens is 394 g/mol. The fourth-order valence-corrected chi connectivity index (χ4v) is 2.89. The summed E-state index contributed by atoms with van der Waals surface area (Å²) in [4.78, 5) is 24.4. The minimum Gasteiger partial charge on any atom is -0.483 e. The van der Waals surface area contributed by atoms with Crippen molar-refractivity contribution in [3.63, 3.8) is 0 Å². The number of carbonyl (C=O) groups is 2. The zero-order valence-electron chi connectivity index (χ0n) is 16.4. The van der Waals surface area contributed by atoms with E-state index in [0.29, 0.717) is 22.6 Å². The molecule has 0 aliphatic heterocycles.